The van der Waals surface area contributed by atoms with Crippen LogP contribution in [0, 0.1) is 5.41 Å². The van der Waals surface area contributed by atoms with E-state index >= 15 is 0 Å². The zero-order chi connectivity index (χ0) is 11.7. The van der Waals surface area contributed by atoms with Crippen molar-refractivity contribution in [1.29, 1.82) is 5.41 Å². The van der Waals surface area contributed by atoms with E-state index in [4.69, 9.17) is 11.1 Å². The molecule has 0 saturated carbocycles. The van der Waals surface area contributed by atoms with E-state index in [-0.39, 0.29) is 18.2 Å². The van der Waals surface area contributed by atoms with Gasteiger partial charge in [0, 0.05) is 15.0 Å². The summed E-state index contributed by atoms with van der Waals surface area (Å²) in [4.78, 5) is 2.03. The highest BCUT2D eigenvalue weighted by Crippen LogP contribution is 2.35. The molecule has 1 heterocycles. The highest BCUT2D eigenvalue weighted by molar-refractivity contribution is 7.99. The normalized spacial score (nSPS) is 9.94. The van der Waals surface area contributed by atoms with Crippen molar-refractivity contribution in [2.75, 3.05) is 6.26 Å². The predicted molar refractivity (Wildman–Crippen MR) is 82.0 cm³/mol. The molecule has 0 spiro atoms. The van der Waals surface area contributed by atoms with Crippen molar-refractivity contribution in [2.24, 2.45) is 5.73 Å². The van der Waals surface area contributed by atoms with Gasteiger partial charge in [-0.15, -0.1) is 35.5 Å². The largest absolute Gasteiger partial charge is 0.383 e. The Labute approximate surface area is 115 Å². The van der Waals surface area contributed by atoms with Gasteiger partial charge in [0.05, 0.1) is 4.88 Å². The lowest BCUT2D eigenvalue weighted by molar-refractivity contribution is 1.45. The number of nitrogens with one attached hydrogen (secondary N) is 1. The number of thiophene rings is 1. The minimum atomic E-state index is 0. The van der Waals surface area contributed by atoms with Crippen molar-refractivity contribution in [3.63, 3.8) is 0 Å². The first-order chi connectivity index (χ1) is 7.67. The van der Waals surface area contributed by atoms with E-state index in [1.165, 1.54) is 15.0 Å². The van der Waals surface area contributed by atoms with Crippen LogP contribution in [0.1, 0.15) is 10.4 Å². The van der Waals surface area contributed by atoms with Gasteiger partial charge < -0.3 is 5.73 Å². The second-order valence-electron chi connectivity index (χ2n) is 3.33. The summed E-state index contributed by atoms with van der Waals surface area (Å²) >= 11 is 3.26. The van der Waals surface area contributed by atoms with Gasteiger partial charge in [-0.25, -0.2) is 0 Å². The Bertz CT molecular complexity index is 575. The number of thioether (sulfide) groups is 1. The predicted octanol–water partition coefficient (Wildman–Crippen LogP) is 3.97. The number of amidine groups is 1. The van der Waals surface area contributed by atoms with Crippen LogP contribution >= 0.6 is 35.5 Å². The molecule has 5 heteroatoms. The molecule has 0 atom stereocenters. The van der Waals surface area contributed by atoms with Crippen molar-refractivity contribution in [3.05, 3.63) is 35.2 Å². The fourth-order valence-electron chi connectivity index (χ4n) is 1.62. The Hall–Kier alpha value is -0.970. The maximum absolute atomic E-state index is 7.46. The minimum absolute atomic E-state index is 0. The Morgan fingerprint density at radius 2 is 2.24 bits per heavy atom. The van der Waals surface area contributed by atoms with E-state index in [1.54, 1.807) is 23.1 Å². The molecule has 0 amide bonds. The first-order valence-electron chi connectivity index (χ1n) is 4.74. The van der Waals surface area contributed by atoms with E-state index in [1.807, 2.05) is 18.4 Å². The van der Waals surface area contributed by atoms with Crippen molar-refractivity contribution in [3.8, 4) is 0 Å². The lowest BCUT2D eigenvalue weighted by Crippen LogP contribution is -2.08. The summed E-state index contributed by atoms with van der Waals surface area (Å²) in [7, 11) is 0. The smallest absolute Gasteiger partial charge is 0.133 e. The fraction of sp³-hybridized carbons (Fsp3) is 0.0833. The summed E-state index contributed by atoms with van der Waals surface area (Å²) in [5.74, 6) is 0.133. The molecule has 0 aliphatic heterocycles. The number of hydrogen-bond acceptors (Lipinski definition) is 3. The van der Waals surface area contributed by atoms with Crippen LogP contribution in [-0.2, 0) is 0 Å². The third-order valence-electron chi connectivity index (χ3n) is 2.37. The molecule has 2 aromatic rings. The quantitative estimate of drug-likeness (QED) is 0.509. The number of rotatable bonds is 3. The SMILES string of the molecule is C=Cc1ccc2sc(C(=N)N)cc2c1SC.Cl. The van der Waals surface area contributed by atoms with Gasteiger partial charge in [-0.1, -0.05) is 18.7 Å². The highest BCUT2D eigenvalue weighted by Gasteiger charge is 2.09. The van der Waals surface area contributed by atoms with Crippen LogP contribution in [0.15, 0.2) is 29.7 Å². The number of nitrogen functional groups attached to an aromatic ring is 1. The van der Waals surface area contributed by atoms with Crippen LogP contribution in [0.5, 0.6) is 0 Å². The van der Waals surface area contributed by atoms with Gasteiger partial charge in [-0.2, -0.15) is 0 Å². The maximum atomic E-state index is 7.46. The van der Waals surface area contributed by atoms with Gasteiger partial charge in [0.2, 0.25) is 0 Å². The minimum Gasteiger partial charge on any atom is -0.383 e. The van der Waals surface area contributed by atoms with Crippen LogP contribution in [0.2, 0.25) is 0 Å². The number of halogens is 1. The molecule has 1 aromatic heterocycles. The number of benzene rings is 1. The third kappa shape index (κ3) is 2.49. The molecule has 0 bridgehead atoms. The summed E-state index contributed by atoms with van der Waals surface area (Å²) < 4.78 is 1.17. The molecule has 0 fully saturated rings. The zero-order valence-electron chi connectivity index (χ0n) is 9.32. The fourth-order valence-corrected chi connectivity index (χ4v) is 3.40. The van der Waals surface area contributed by atoms with Gasteiger partial charge in [-0.05, 0) is 24.0 Å². The molecular formula is C12H13ClN2S2. The summed E-state index contributed by atoms with van der Waals surface area (Å²) in [5, 5.41) is 8.62. The van der Waals surface area contributed by atoms with E-state index in [0.29, 0.717) is 0 Å². The van der Waals surface area contributed by atoms with E-state index in [0.717, 1.165) is 10.4 Å². The molecule has 0 aliphatic rings. The van der Waals surface area contributed by atoms with E-state index in [9.17, 15) is 0 Å². The second kappa shape index (κ2) is 5.58. The van der Waals surface area contributed by atoms with Crippen LogP contribution in [-0.4, -0.2) is 12.1 Å². The maximum Gasteiger partial charge on any atom is 0.133 e. The van der Waals surface area contributed by atoms with E-state index in [2.05, 4.69) is 18.7 Å². The van der Waals surface area contributed by atoms with Crippen molar-refractivity contribution >= 4 is 57.5 Å². The third-order valence-corrected chi connectivity index (χ3v) is 4.37. The van der Waals surface area contributed by atoms with Crippen LogP contribution in [0.4, 0.5) is 0 Å². The zero-order valence-corrected chi connectivity index (χ0v) is 11.8. The highest BCUT2D eigenvalue weighted by atomic mass is 35.5. The summed E-state index contributed by atoms with van der Waals surface area (Å²) in [5.41, 5.74) is 6.64. The Kier molecular flexibility index (Phi) is 4.62. The number of hydrogen-bond donors (Lipinski definition) is 2. The molecule has 90 valence electrons. The van der Waals surface area contributed by atoms with Crippen molar-refractivity contribution in [1.82, 2.24) is 0 Å². The summed E-state index contributed by atoms with van der Waals surface area (Å²) in [6, 6.07) is 6.10. The lowest BCUT2D eigenvalue weighted by Gasteiger charge is -2.03. The molecule has 1 aromatic carbocycles. The van der Waals surface area contributed by atoms with Crippen LogP contribution < -0.4 is 5.73 Å². The standard InChI is InChI=1S/C12H12N2S2.ClH/c1-3-7-4-5-9-8(11(7)15-2)6-10(16-9)12(13)14;/h3-6H,1H2,2H3,(H3,13,14);1H. The Morgan fingerprint density at radius 1 is 1.53 bits per heavy atom. The molecule has 2 rings (SSSR count). The van der Waals surface area contributed by atoms with Crippen molar-refractivity contribution in [2.45, 2.75) is 4.90 Å². The average Bonchev–Trinajstić information content (AvgIpc) is 2.71. The first kappa shape index (κ1) is 14.1. The monoisotopic (exact) mass is 284 g/mol. The van der Waals surface area contributed by atoms with Gasteiger partial charge in [0.15, 0.2) is 0 Å². The molecule has 0 unspecified atom stereocenters. The van der Waals surface area contributed by atoms with Crippen molar-refractivity contribution < 1.29 is 0 Å². The molecule has 0 saturated heterocycles. The van der Waals surface area contributed by atoms with Gasteiger partial charge in [0.1, 0.15) is 5.84 Å². The molecule has 3 N–H and O–H groups in total. The first-order valence-corrected chi connectivity index (χ1v) is 6.79. The van der Waals surface area contributed by atoms with Crippen LogP contribution in [0.25, 0.3) is 16.2 Å². The van der Waals surface area contributed by atoms with E-state index < -0.39 is 0 Å². The number of fused-ring (bicyclic) bond motifs is 1. The summed E-state index contributed by atoms with van der Waals surface area (Å²) in [6.45, 7) is 3.81. The van der Waals surface area contributed by atoms with Gasteiger partial charge in [0.25, 0.3) is 0 Å². The second-order valence-corrected chi connectivity index (χ2v) is 5.23. The topological polar surface area (TPSA) is 49.9 Å². The van der Waals surface area contributed by atoms with Gasteiger partial charge >= 0.3 is 0 Å². The molecule has 0 aliphatic carbocycles. The molecular weight excluding hydrogens is 272 g/mol. The average molecular weight is 285 g/mol. The Balaban J connectivity index is 0.00000144. The molecule has 17 heavy (non-hydrogen) atoms. The number of nitrogens with two attached hydrogens (primary N) is 1. The van der Waals surface area contributed by atoms with Gasteiger partial charge in [-0.3, -0.25) is 5.41 Å². The summed E-state index contributed by atoms with van der Waals surface area (Å²) in [6.07, 6.45) is 3.91. The lowest BCUT2D eigenvalue weighted by atomic mass is 10.1. The molecule has 0 radical (unpaired) electrons. The van der Waals surface area contributed by atoms with Crippen LogP contribution in [0.3, 0.4) is 0 Å². The Morgan fingerprint density at radius 3 is 2.76 bits per heavy atom. The molecule has 2 nitrogen and oxygen atoms in total.